The molecule has 0 spiro atoms. The van der Waals surface area contributed by atoms with Crippen LogP contribution in [-0.2, 0) is 11.8 Å². The Kier molecular flexibility index (Phi) is 5.48. The van der Waals surface area contributed by atoms with Crippen molar-refractivity contribution in [3.8, 4) is 0 Å². The van der Waals surface area contributed by atoms with Gasteiger partial charge in [-0.1, -0.05) is 33.8 Å². The fourth-order valence-electron chi connectivity index (χ4n) is 3.02. The first-order valence-corrected chi connectivity index (χ1v) is 7.36. The van der Waals surface area contributed by atoms with Crippen LogP contribution in [0, 0.1) is 18.8 Å². The van der Waals surface area contributed by atoms with E-state index in [9.17, 15) is 18.3 Å². The van der Waals surface area contributed by atoms with Gasteiger partial charge in [0, 0.05) is 0 Å². The number of aryl methyl sites for hydroxylation is 1. The van der Waals surface area contributed by atoms with Crippen molar-refractivity contribution in [3.05, 3.63) is 34.9 Å². The van der Waals surface area contributed by atoms with Crippen LogP contribution >= 0.6 is 0 Å². The molecule has 0 saturated carbocycles. The summed E-state index contributed by atoms with van der Waals surface area (Å²) in [6.45, 7) is 9.65. The molecule has 0 radical (unpaired) electrons. The van der Waals surface area contributed by atoms with Gasteiger partial charge in [0.25, 0.3) is 0 Å². The van der Waals surface area contributed by atoms with Gasteiger partial charge in [0.05, 0.1) is 11.2 Å². The van der Waals surface area contributed by atoms with Crippen molar-refractivity contribution in [2.75, 3.05) is 0 Å². The Hall–Kier alpha value is -1.03. The summed E-state index contributed by atoms with van der Waals surface area (Å²) < 4.78 is 38.3. The van der Waals surface area contributed by atoms with Crippen LogP contribution in [0.2, 0.25) is 0 Å². The third-order valence-electron chi connectivity index (χ3n) is 3.55. The van der Waals surface area contributed by atoms with E-state index < -0.39 is 17.3 Å². The lowest BCUT2D eigenvalue weighted by Crippen LogP contribution is -2.30. The first-order valence-electron chi connectivity index (χ1n) is 7.36. The minimum Gasteiger partial charge on any atom is -0.385 e. The third-order valence-corrected chi connectivity index (χ3v) is 3.55. The summed E-state index contributed by atoms with van der Waals surface area (Å²) in [7, 11) is 0. The van der Waals surface area contributed by atoms with Gasteiger partial charge in [-0.05, 0) is 54.9 Å². The highest BCUT2D eigenvalue weighted by atomic mass is 19.4. The first-order chi connectivity index (χ1) is 9.45. The van der Waals surface area contributed by atoms with Crippen molar-refractivity contribution >= 4 is 0 Å². The Balaban J connectivity index is 3.26. The van der Waals surface area contributed by atoms with Gasteiger partial charge in [-0.25, -0.2) is 0 Å². The molecular formula is C17H25F3O. The van der Waals surface area contributed by atoms with E-state index in [1.165, 1.54) is 6.07 Å². The number of hydrogen-bond donors (Lipinski definition) is 1. The van der Waals surface area contributed by atoms with E-state index in [4.69, 9.17) is 0 Å². The maximum Gasteiger partial charge on any atom is 0.416 e. The van der Waals surface area contributed by atoms with Crippen LogP contribution in [0.15, 0.2) is 18.2 Å². The fourth-order valence-corrected chi connectivity index (χ4v) is 3.02. The molecule has 1 rings (SSSR count). The van der Waals surface area contributed by atoms with Gasteiger partial charge in [-0.3, -0.25) is 0 Å². The maximum atomic E-state index is 12.8. The SMILES string of the molecule is Cc1cc(C(F)(F)F)ccc1C(O)(CC(C)C)CC(C)C. The highest BCUT2D eigenvalue weighted by Crippen LogP contribution is 2.38. The van der Waals surface area contributed by atoms with Gasteiger partial charge < -0.3 is 5.11 Å². The number of halogens is 3. The average molecular weight is 302 g/mol. The van der Waals surface area contributed by atoms with Crippen molar-refractivity contribution < 1.29 is 18.3 Å². The molecule has 120 valence electrons. The second-order valence-electron chi connectivity index (χ2n) is 6.75. The predicted octanol–water partition coefficient (Wildman–Crippen LogP) is 5.29. The summed E-state index contributed by atoms with van der Waals surface area (Å²) in [4.78, 5) is 0. The van der Waals surface area contributed by atoms with E-state index in [2.05, 4.69) is 0 Å². The summed E-state index contributed by atoms with van der Waals surface area (Å²) in [5.41, 5.74) is -0.636. The molecule has 1 aromatic rings. The lowest BCUT2D eigenvalue weighted by molar-refractivity contribution is -0.137. The molecule has 0 aliphatic heterocycles. The summed E-state index contributed by atoms with van der Waals surface area (Å²) >= 11 is 0. The lowest BCUT2D eigenvalue weighted by Gasteiger charge is -2.33. The summed E-state index contributed by atoms with van der Waals surface area (Å²) in [6, 6.07) is 3.62. The van der Waals surface area contributed by atoms with E-state index in [1.54, 1.807) is 6.92 Å². The van der Waals surface area contributed by atoms with Crippen LogP contribution in [0.25, 0.3) is 0 Å². The van der Waals surface area contributed by atoms with Gasteiger partial charge in [0.2, 0.25) is 0 Å². The van der Waals surface area contributed by atoms with Crippen molar-refractivity contribution in [1.29, 1.82) is 0 Å². The fraction of sp³-hybridized carbons (Fsp3) is 0.647. The van der Waals surface area contributed by atoms with Crippen LogP contribution in [0.4, 0.5) is 13.2 Å². The molecule has 0 amide bonds. The van der Waals surface area contributed by atoms with Crippen LogP contribution < -0.4 is 0 Å². The van der Waals surface area contributed by atoms with Gasteiger partial charge in [0.15, 0.2) is 0 Å². The molecule has 0 aromatic heterocycles. The molecule has 0 bridgehead atoms. The van der Waals surface area contributed by atoms with Crippen LogP contribution in [0.3, 0.4) is 0 Å². The first kappa shape index (κ1) is 18.0. The topological polar surface area (TPSA) is 20.2 Å². The number of aliphatic hydroxyl groups is 1. The third kappa shape index (κ3) is 4.73. The highest BCUT2D eigenvalue weighted by Gasteiger charge is 2.35. The molecule has 1 N–H and O–H groups in total. The van der Waals surface area contributed by atoms with Crippen LogP contribution in [-0.4, -0.2) is 5.11 Å². The van der Waals surface area contributed by atoms with E-state index in [0.29, 0.717) is 24.0 Å². The van der Waals surface area contributed by atoms with Crippen molar-refractivity contribution in [3.63, 3.8) is 0 Å². The molecule has 0 heterocycles. The smallest absolute Gasteiger partial charge is 0.385 e. The second-order valence-corrected chi connectivity index (χ2v) is 6.75. The monoisotopic (exact) mass is 302 g/mol. The van der Waals surface area contributed by atoms with E-state index in [0.717, 1.165) is 12.1 Å². The van der Waals surface area contributed by atoms with Gasteiger partial charge in [-0.15, -0.1) is 0 Å². The van der Waals surface area contributed by atoms with Gasteiger partial charge >= 0.3 is 6.18 Å². The molecule has 4 heteroatoms. The van der Waals surface area contributed by atoms with E-state index in [1.807, 2.05) is 27.7 Å². The van der Waals surface area contributed by atoms with E-state index >= 15 is 0 Å². The molecule has 0 unspecified atom stereocenters. The number of benzene rings is 1. The standard InChI is InChI=1S/C17H25F3O/c1-11(2)9-16(21,10-12(3)4)15-7-6-14(8-13(15)5)17(18,19)20/h6-8,11-12,21H,9-10H2,1-5H3. The Morgan fingerprint density at radius 3 is 1.81 bits per heavy atom. The molecule has 0 fully saturated rings. The van der Waals surface area contributed by atoms with Gasteiger partial charge in [-0.2, -0.15) is 13.2 Å². The van der Waals surface area contributed by atoms with Crippen molar-refractivity contribution in [2.45, 2.75) is 59.2 Å². The number of rotatable bonds is 5. The second kappa shape index (κ2) is 6.39. The molecule has 0 aliphatic rings. The largest absolute Gasteiger partial charge is 0.416 e. The minimum atomic E-state index is -4.35. The molecule has 1 nitrogen and oxygen atoms in total. The normalized spacial score (nSPS) is 13.3. The van der Waals surface area contributed by atoms with Crippen molar-refractivity contribution in [1.82, 2.24) is 0 Å². The molecule has 0 saturated heterocycles. The summed E-state index contributed by atoms with van der Waals surface area (Å²) in [5, 5.41) is 11.0. The van der Waals surface area contributed by atoms with E-state index in [-0.39, 0.29) is 11.8 Å². The van der Waals surface area contributed by atoms with Crippen LogP contribution in [0.1, 0.15) is 57.2 Å². The van der Waals surface area contributed by atoms with Crippen molar-refractivity contribution in [2.24, 2.45) is 11.8 Å². The molecule has 0 atom stereocenters. The quantitative estimate of drug-likeness (QED) is 0.783. The molecule has 21 heavy (non-hydrogen) atoms. The molecule has 1 aromatic carbocycles. The Morgan fingerprint density at radius 2 is 1.48 bits per heavy atom. The Bertz CT molecular complexity index is 465. The van der Waals surface area contributed by atoms with Crippen LogP contribution in [0.5, 0.6) is 0 Å². The zero-order valence-electron chi connectivity index (χ0n) is 13.4. The zero-order valence-corrected chi connectivity index (χ0v) is 13.4. The zero-order chi connectivity index (χ0) is 16.4. The molecular weight excluding hydrogens is 277 g/mol. The summed E-state index contributed by atoms with van der Waals surface area (Å²) in [6.07, 6.45) is -3.27. The Labute approximate surface area is 125 Å². The molecule has 0 aliphatic carbocycles. The lowest BCUT2D eigenvalue weighted by atomic mass is 9.78. The highest BCUT2D eigenvalue weighted by molar-refractivity contribution is 5.36. The Morgan fingerprint density at radius 1 is 1.00 bits per heavy atom. The number of alkyl halides is 3. The van der Waals surface area contributed by atoms with Gasteiger partial charge in [0.1, 0.15) is 0 Å². The predicted molar refractivity (Wildman–Crippen MR) is 79.0 cm³/mol. The maximum absolute atomic E-state index is 12.8. The number of hydrogen-bond acceptors (Lipinski definition) is 1. The average Bonchev–Trinajstić information content (AvgIpc) is 2.24. The summed E-state index contributed by atoms with van der Waals surface area (Å²) in [5.74, 6) is 0.519. The minimum absolute atomic E-state index is 0.260.